The van der Waals surface area contributed by atoms with Crippen molar-refractivity contribution in [2.75, 3.05) is 19.6 Å². The Labute approximate surface area is 197 Å². The number of hydrogen-bond donors (Lipinski definition) is 2. The molecular formula is C26H29F3N4O. The highest BCUT2D eigenvalue weighted by molar-refractivity contribution is 5.94. The number of nitrogens with one attached hydrogen (secondary N) is 2. The molecule has 1 aliphatic heterocycles. The number of hydrogen-bond acceptors (Lipinski definition) is 3. The number of likely N-dealkylation sites (tertiary alicyclic amines) is 1. The van der Waals surface area contributed by atoms with Crippen molar-refractivity contribution in [3.05, 3.63) is 65.7 Å². The molecule has 2 heterocycles. The third-order valence-electron chi connectivity index (χ3n) is 6.37. The lowest BCUT2D eigenvalue weighted by Gasteiger charge is -2.33. The van der Waals surface area contributed by atoms with Gasteiger partial charge in [0.2, 0.25) is 0 Å². The third kappa shape index (κ3) is 5.86. The predicted molar refractivity (Wildman–Crippen MR) is 126 cm³/mol. The van der Waals surface area contributed by atoms with E-state index in [1.54, 1.807) is 36.4 Å². The molecule has 0 bridgehead atoms. The fraction of sp³-hybridized carbons (Fsp3) is 0.385. The second kappa shape index (κ2) is 10.4. The van der Waals surface area contributed by atoms with Crippen LogP contribution in [0.2, 0.25) is 0 Å². The van der Waals surface area contributed by atoms with E-state index in [0.29, 0.717) is 35.1 Å². The van der Waals surface area contributed by atoms with E-state index >= 15 is 0 Å². The Kier molecular flexibility index (Phi) is 7.36. The summed E-state index contributed by atoms with van der Waals surface area (Å²) in [6.45, 7) is 5.03. The number of piperidine rings is 1. The summed E-state index contributed by atoms with van der Waals surface area (Å²) in [6.07, 6.45) is 0.310. The van der Waals surface area contributed by atoms with Gasteiger partial charge in [-0.25, -0.2) is 0 Å². The number of halogens is 3. The monoisotopic (exact) mass is 470 g/mol. The van der Waals surface area contributed by atoms with Crippen LogP contribution in [-0.2, 0) is 6.18 Å². The van der Waals surface area contributed by atoms with Gasteiger partial charge in [0, 0.05) is 30.3 Å². The SMILES string of the molecule is C[C@@H]1CCCCN1CCCNC(=O)c1ccc(-c2cc(-c3cccc(C(F)(F)F)c3)n[nH]2)cc1. The van der Waals surface area contributed by atoms with E-state index in [1.807, 2.05) is 0 Å². The molecule has 1 atom stereocenters. The van der Waals surface area contributed by atoms with E-state index in [-0.39, 0.29) is 5.91 Å². The lowest BCUT2D eigenvalue weighted by Crippen LogP contribution is -2.39. The van der Waals surface area contributed by atoms with Crippen LogP contribution in [0.1, 0.15) is 48.5 Å². The van der Waals surface area contributed by atoms with Crippen molar-refractivity contribution >= 4 is 5.91 Å². The van der Waals surface area contributed by atoms with Crippen LogP contribution in [0.15, 0.2) is 54.6 Å². The van der Waals surface area contributed by atoms with Gasteiger partial charge in [-0.05, 0) is 68.6 Å². The number of aromatic amines is 1. The van der Waals surface area contributed by atoms with Crippen LogP contribution >= 0.6 is 0 Å². The molecule has 0 radical (unpaired) electrons. The minimum Gasteiger partial charge on any atom is -0.352 e. The minimum atomic E-state index is -4.41. The smallest absolute Gasteiger partial charge is 0.352 e. The Balaban J connectivity index is 1.33. The Morgan fingerprint density at radius 3 is 2.65 bits per heavy atom. The number of rotatable bonds is 7. The highest BCUT2D eigenvalue weighted by atomic mass is 19.4. The lowest BCUT2D eigenvalue weighted by molar-refractivity contribution is -0.137. The van der Waals surface area contributed by atoms with Gasteiger partial charge in [-0.2, -0.15) is 18.3 Å². The van der Waals surface area contributed by atoms with Gasteiger partial charge in [-0.3, -0.25) is 9.89 Å². The zero-order chi connectivity index (χ0) is 24.1. The molecule has 3 aromatic rings. The zero-order valence-electron chi connectivity index (χ0n) is 19.2. The number of alkyl halides is 3. The number of benzene rings is 2. The average molecular weight is 471 g/mol. The Morgan fingerprint density at radius 2 is 1.91 bits per heavy atom. The normalized spacial score (nSPS) is 17.0. The predicted octanol–water partition coefficient (Wildman–Crippen LogP) is 5.76. The van der Waals surface area contributed by atoms with Crippen molar-refractivity contribution in [1.82, 2.24) is 20.4 Å². The molecule has 1 aliphatic rings. The standard InChI is InChI=1S/C26H29F3N4O/c1-18-6-2-3-14-33(18)15-5-13-30-25(34)20-11-9-19(10-12-20)23-17-24(32-31-23)21-7-4-8-22(16-21)26(27,28)29/h4,7-12,16-18H,2-3,5-6,13-15H2,1H3,(H,30,34)(H,31,32)/t18-/m1/s1. The first-order valence-corrected chi connectivity index (χ1v) is 11.7. The van der Waals surface area contributed by atoms with Gasteiger partial charge in [0.15, 0.2) is 0 Å². The summed E-state index contributed by atoms with van der Waals surface area (Å²) in [6, 6.07) is 14.5. The summed E-state index contributed by atoms with van der Waals surface area (Å²) in [5.74, 6) is -0.118. The quantitative estimate of drug-likeness (QED) is 0.432. The molecule has 1 aromatic heterocycles. The number of amides is 1. The summed E-state index contributed by atoms with van der Waals surface area (Å²) in [7, 11) is 0. The molecule has 0 spiro atoms. The zero-order valence-corrected chi connectivity index (χ0v) is 19.2. The van der Waals surface area contributed by atoms with E-state index in [9.17, 15) is 18.0 Å². The van der Waals surface area contributed by atoms with Gasteiger partial charge in [0.25, 0.3) is 5.91 Å². The summed E-state index contributed by atoms with van der Waals surface area (Å²) < 4.78 is 39.0. The Bertz CT molecular complexity index is 1110. The molecule has 0 unspecified atom stereocenters. The number of H-pyrrole nitrogens is 1. The largest absolute Gasteiger partial charge is 0.416 e. The van der Waals surface area contributed by atoms with E-state index in [1.165, 1.54) is 25.3 Å². The van der Waals surface area contributed by atoms with Crippen LogP contribution in [0.5, 0.6) is 0 Å². The first-order chi connectivity index (χ1) is 16.3. The maximum absolute atomic E-state index is 13.0. The molecular weight excluding hydrogens is 441 g/mol. The van der Waals surface area contributed by atoms with Gasteiger partial charge in [0.1, 0.15) is 0 Å². The highest BCUT2D eigenvalue weighted by Gasteiger charge is 2.30. The maximum Gasteiger partial charge on any atom is 0.416 e. The first-order valence-electron chi connectivity index (χ1n) is 11.7. The molecule has 180 valence electrons. The van der Waals surface area contributed by atoms with Crippen molar-refractivity contribution in [2.45, 2.75) is 44.8 Å². The number of aromatic nitrogens is 2. The molecule has 1 saturated heterocycles. The second-order valence-corrected chi connectivity index (χ2v) is 8.81. The molecule has 0 aliphatic carbocycles. The average Bonchev–Trinajstić information content (AvgIpc) is 3.33. The summed E-state index contributed by atoms with van der Waals surface area (Å²) in [4.78, 5) is 15.0. The molecule has 34 heavy (non-hydrogen) atoms. The fourth-order valence-corrected chi connectivity index (χ4v) is 4.35. The van der Waals surface area contributed by atoms with Crippen molar-refractivity contribution < 1.29 is 18.0 Å². The first kappa shape index (κ1) is 24.0. The van der Waals surface area contributed by atoms with Crippen LogP contribution in [0.3, 0.4) is 0 Å². The minimum absolute atomic E-state index is 0.118. The third-order valence-corrected chi connectivity index (χ3v) is 6.37. The molecule has 1 fully saturated rings. The van der Waals surface area contributed by atoms with Crippen LogP contribution in [0.25, 0.3) is 22.5 Å². The van der Waals surface area contributed by atoms with Gasteiger partial charge in [-0.1, -0.05) is 30.7 Å². The Morgan fingerprint density at radius 1 is 1.12 bits per heavy atom. The molecule has 0 saturated carbocycles. The van der Waals surface area contributed by atoms with Crippen LogP contribution in [0.4, 0.5) is 13.2 Å². The Hall–Kier alpha value is -3.13. The van der Waals surface area contributed by atoms with Crippen molar-refractivity contribution in [3.63, 3.8) is 0 Å². The molecule has 2 aromatic carbocycles. The highest BCUT2D eigenvalue weighted by Crippen LogP contribution is 2.32. The van der Waals surface area contributed by atoms with Crippen LogP contribution in [-0.4, -0.2) is 46.7 Å². The molecule has 5 nitrogen and oxygen atoms in total. The van der Waals surface area contributed by atoms with Gasteiger partial charge < -0.3 is 10.2 Å². The van der Waals surface area contributed by atoms with E-state index in [0.717, 1.165) is 37.2 Å². The van der Waals surface area contributed by atoms with Gasteiger partial charge >= 0.3 is 6.18 Å². The maximum atomic E-state index is 13.0. The van der Waals surface area contributed by atoms with E-state index < -0.39 is 11.7 Å². The molecule has 4 rings (SSSR count). The van der Waals surface area contributed by atoms with Crippen LogP contribution < -0.4 is 5.32 Å². The van der Waals surface area contributed by atoms with Gasteiger partial charge in [-0.15, -0.1) is 0 Å². The number of nitrogens with zero attached hydrogens (tertiary/aromatic N) is 2. The molecule has 8 heteroatoms. The molecule has 2 N–H and O–H groups in total. The summed E-state index contributed by atoms with van der Waals surface area (Å²) >= 11 is 0. The van der Waals surface area contributed by atoms with Gasteiger partial charge in [0.05, 0.1) is 17.0 Å². The number of carbonyl (C=O) groups excluding carboxylic acids is 1. The van der Waals surface area contributed by atoms with Crippen LogP contribution in [0, 0.1) is 0 Å². The van der Waals surface area contributed by atoms with Crippen molar-refractivity contribution in [3.8, 4) is 22.5 Å². The lowest BCUT2D eigenvalue weighted by atomic mass is 10.0. The van der Waals surface area contributed by atoms with E-state index in [2.05, 4.69) is 27.3 Å². The topological polar surface area (TPSA) is 61.0 Å². The fourth-order valence-electron chi connectivity index (χ4n) is 4.35. The summed E-state index contributed by atoms with van der Waals surface area (Å²) in [5, 5.41) is 10.0. The van der Waals surface area contributed by atoms with Crippen molar-refractivity contribution in [2.24, 2.45) is 0 Å². The number of carbonyl (C=O) groups is 1. The second-order valence-electron chi connectivity index (χ2n) is 8.81. The van der Waals surface area contributed by atoms with Crippen molar-refractivity contribution in [1.29, 1.82) is 0 Å². The summed E-state index contributed by atoms with van der Waals surface area (Å²) in [5.41, 5.74) is 2.11. The molecule has 1 amide bonds. The van der Waals surface area contributed by atoms with E-state index in [4.69, 9.17) is 0 Å².